The molecule has 1 amide bonds. The fourth-order valence-corrected chi connectivity index (χ4v) is 5.27. The fraction of sp³-hybridized carbons (Fsp3) is 0.647. The minimum atomic E-state index is -4.48. The highest BCUT2D eigenvalue weighted by molar-refractivity contribution is 5.94. The highest BCUT2D eigenvalue weighted by atomic mass is 19.4. The molecule has 0 unspecified atom stereocenters. The van der Waals surface area contributed by atoms with Crippen molar-refractivity contribution in [3.05, 3.63) is 29.6 Å². The Kier molecular flexibility index (Phi) is 3.22. The van der Waals surface area contributed by atoms with Crippen LogP contribution in [0.1, 0.15) is 54.6 Å². The van der Waals surface area contributed by atoms with Gasteiger partial charge in [-0.25, -0.2) is 0 Å². The zero-order chi connectivity index (χ0) is 16.2. The predicted molar refractivity (Wildman–Crippen MR) is 77.6 cm³/mol. The summed E-state index contributed by atoms with van der Waals surface area (Å²) in [6.45, 7) is 0. The summed E-state index contributed by atoms with van der Waals surface area (Å²) in [5, 5.41) is 3.14. The third-order valence-corrected chi connectivity index (χ3v) is 5.73. The van der Waals surface area contributed by atoms with Crippen LogP contribution in [0.5, 0.6) is 0 Å². The maximum atomic E-state index is 12.5. The molecule has 1 N–H and O–H groups in total. The van der Waals surface area contributed by atoms with Crippen LogP contribution in [0.2, 0.25) is 0 Å². The summed E-state index contributed by atoms with van der Waals surface area (Å²) < 4.78 is 37.6. The molecule has 6 heteroatoms. The number of aromatic nitrogens is 1. The summed E-state index contributed by atoms with van der Waals surface area (Å²) in [5.41, 5.74) is -0.910. The maximum Gasteiger partial charge on any atom is 0.433 e. The average Bonchev–Trinajstić information content (AvgIpc) is 2.44. The van der Waals surface area contributed by atoms with Crippen LogP contribution in [0.4, 0.5) is 13.2 Å². The molecule has 1 aromatic heterocycles. The molecule has 4 aliphatic carbocycles. The van der Waals surface area contributed by atoms with Crippen LogP contribution in [-0.4, -0.2) is 16.4 Å². The monoisotopic (exact) mass is 324 g/mol. The number of amides is 1. The Hall–Kier alpha value is -1.59. The largest absolute Gasteiger partial charge is 0.433 e. The SMILES string of the molecule is O=C(NC12CC3CC(CC(C3)C1)C2)c1ccc(C(F)(F)F)nc1. The van der Waals surface area contributed by atoms with Gasteiger partial charge in [0.1, 0.15) is 5.69 Å². The van der Waals surface area contributed by atoms with Crippen LogP contribution < -0.4 is 5.32 Å². The van der Waals surface area contributed by atoms with Gasteiger partial charge in [-0.05, 0) is 68.4 Å². The van der Waals surface area contributed by atoms with E-state index in [1.165, 1.54) is 25.3 Å². The molecular weight excluding hydrogens is 305 g/mol. The lowest BCUT2D eigenvalue weighted by Gasteiger charge is -2.56. The van der Waals surface area contributed by atoms with Gasteiger partial charge < -0.3 is 5.32 Å². The molecule has 4 aliphatic rings. The standard InChI is InChI=1S/C17H19F3N2O/c18-17(19,20)14-2-1-13(9-21-14)15(23)22-16-6-10-3-11(7-16)5-12(4-10)8-16/h1-2,9-12H,3-8H2,(H,22,23). The Balaban J connectivity index is 1.50. The lowest BCUT2D eigenvalue weighted by atomic mass is 9.53. The van der Waals surface area contributed by atoms with Crippen LogP contribution in [0.25, 0.3) is 0 Å². The maximum absolute atomic E-state index is 12.5. The molecule has 3 nitrogen and oxygen atoms in total. The fourth-order valence-electron chi connectivity index (χ4n) is 5.27. The summed E-state index contributed by atoms with van der Waals surface area (Å²) in [4.78, 5) is 15.8. The molecule has 0 aliphatic heterocycles. The second-order valence-corrected chi connectivity index (χ2v) is 7.58. The van der Waals surface area contributed by atoms with Gasteiger partial charge in [-0.2, -0.15) is 13.2 Å². The van der Waals surface area contributed by atoms with E-state index in [0.717, 1.165) is 31.5 Å². The van der Waals surface area contributed by atoms with Crippen molar-refractivity contribution >= 4 is 5.91 Å². The van der Waals surface area contributed by atoms with E-state index >= 15 is 0 Å². The van der Waals surface area contributed by atoms with E-state index < -0.39 is 11.9 Å². The van der Waals surface area contributed by atoms with Crippen molar-refractivity contribution in [2.75, 3.05) is 0 Å². The number of carbonyl (C=O) groups excluding carboxylic acids is 1. The van der Waals surface area contributed by atoms with Crippen molar-refractivity contribution in [3.63, 3.8) is 0 Å². The van der Waals surface area contributed by atoms with E-state index in [1.54, 1.807) is 0 Å². The van der Waals surface area contributed by atoms with Gasteiger partial charge in [0.25, 0.3) is 5.91 Å². The van der Waals surface area contributed by atoms with Crippen molar-refractivity contribution in [1.29, 1.82) is 0 Å². The van der Waals surface area contributed by atoms with E-state index in [-0.39, 0.29) is 17.0 Å². The Morgan fingerprint density at radius 1 is 1.09 bits per heavy atom. The Morgan fingerprint density at radius 3 is 2.09 bits per heavy atom. The van der Waals surface area contributed by atoms with E-state index in [4.69, 9.17) is 0 Å². The number of nitrogens with zero attached hydrogens (tertiary/aromatic N) is 1. The minimum absolute atomic E-state index is 0.144. The molecule has 124 valence electrons. The quantitative estimate of drug-likeness (QED) is 0.899. The van der Waals surface area contributed by atoms with Gasteiger partial charge in [0.2, 0.25) is 0 Å². The molecule has 0 radical (unpaired) electrons. The third kappa shape index (κ3) is 2.72. The smallest absolute Gasteiger partial charge is 0.347 e. The number of hydrogen-bond acceptors (Lipinski definition) is 2. The minimum Gasteiger partial charge on any atom is -0.347 e. The van der Waals surface area contributed by atoms with E-state index in [0.29, 0.717) is 17.8 Å². The predicted octanol–water partition coefficient (Wildman–Crippen LogP) is 3.80. The zero-order valence-corrected chi connectivity index (χ0v) is 12.7. The topological polar surface area (TPSA) is 42.0 Å². The summed E-state index contributed by atoms with van der Waals surface area (Å²) in [5.74, 6) is 1.81. The Labute approximate surface area is 132 Å². The zero-order valence-electron chi connectivity index (χ0n) is 12.7. The van der Waals surface area contributed by atoms with Crippen LogP contribution in [0.15, 0.2) is 18.3 Å². The van der Waals surface area contributed by atoms with Crippen LogP contribution in [0.3, 0.4) is 0 Å². The molecule has 4 bridgehead atoms. The van der Waals surface area contributed by atoms with Gasteiger partial charge in [0.15, 0.2) is 0 Å². The number of pyridine rings is 1. The second kappa shape index (κ2) is 4.95. The third-order valence-electron chi connectivity index (χ3n) is 5.73. The van der Waals surface area contributed by atoms with E-state index in [9.17, 15) is 18.0 Å². The summed E-state index contributed by atoms with van der Waals surface area (Å²) in [6.07, 6.45) is 3.41. The van der Waals surface area contributed by atoms with Crippen LogP contribution in [-0.2, 0) is 6.18 Å². The molecular formula is C17H19F3N2O. The molecule has 0 atom stereocenters. The lowest BCUT2D eigenvalue weighted by molar-refractivity contribution is -0.141. The first kappa shape index (κ1) is 15.0. The molecule has 4 saturated carbocycles. The molecule has 1 aromatic rings. The van der Waals surface area contributed by atoms with E-state index in [1.807, 2.05) is 0 Å². The highest BCUT2D eigenvalue weighted by Crippen LogP contribution is 2.55. The van der Waals surface area contributed by atoms with Crippen molar-refractivity contribution in [2.45, 2.75) is 50.2 Å². The van der Waals surface area contributed by atoms with Gasteiger partial charge in [-0.3, -0.25) is 9.78 Å². The van der Waals surface area contributed by atoms with E-state index in [2.05, 4.69) is 10.3 Å². The van der Waals surface area contributed by atoms with Crippen molar-refractivity contribution < 1.29 is 18.0 Å². The molecule has 0 saturated heterocycles. The van der Waals surface area contributed by atoms with Crippen molar-refractivity contribution in [2.24, 2.45) is 17.8 Å². The number of hydrogen-bond donors (Lipinski definition) is 1. The van der Waals surface area contributed by atoms with Crippen LogP contribution >= 0.6 is 0 Å². The molecule has 0 spiro atoms. The van der Waals surface area contributed by atoms with Gasteiger partial charge in [0.05, 0.1) is 5.56 Å². The van der Waals surface area contributed by atoms with Gasteiger partial charge in [-0.1, -0.05) is 0 Å². The molecule has 5 rings (SSSR count). The highest BCUT2D eigenvalue weighted by Gasteiger charge is 2.51. The lowest BCUT2D eigenvalue weighted by Crippen LogP contribution is -2.59. The first-order valence-corrected chi connectivity index (χ1v) is 8.19. The average molecular weight is 324 g/mol. The van der Waals surface area contributed by atoms with Gasteiger partial charge >= 0.3 is 6.18 Å². The van der Waals surface area contributed by atoms with Crippen LogP contribution in [0, 0.1) is 17.8 Å². The number of nitrogens with one attached hydrogen (secondary N) is 1. The van der Waals surface area contributed by atoms with Crippen molar-refractivity contribution in [3.8, 4) is 0 Å². The second-order valence-electron chi connectivity index (χ2n) is 7.58. The molecule has 0 aromatic carbocycles. The van der Waals surface area contributed by atoms with Crippen molar-refractivity contribution in [1.82, 2.24) is 10.3 Å². The number of halogens is 3. The first-order valence-electron chi connectivity index (χ1n) is 8.19. The molecule has 4 fully saturated rings. The number of carbonyl (C=O) groups is 1. The normalized spacial score (nSPS) is 35.3. The molecule has 1 heterocycles. The number of alkyl halides is 3. The Bertz CT molecular complexity index is 588. The Morgan fingerprint density at radius 2 is 1.65 bits per heavy atom. The first-order chi connectivity index (χ1) is 10.8. The summed E-state index contributed by atoms with van der Waals surface area (Å²) in [7, 11) is 0. The molecule has 23 heavy (non-hydrogen) atoms. The summed E-state index contributed by atoms with van der Waals surface area (Å²) in [6, 6.07) is 2.08. The number of rotatable bonds is 2. The van der Waals surface area contributed by atoms with Gasteiger partial charge in [-0.15, -0.1) is 0 Å². The summed E-state index contributed by atoms with van der Waals surface area (Å²) >= 11 is 0. The van der Waals surface area contributed by atoms with Gasteiger partial charge in [0, 0.05) is 11.7 Å².